The average molecular weight is 253 g/mol. The first-order valence-corrected chi connectivity index (χ1v) is 6.04. The first kappa shape index (κ1) is 14.4. The fourth-order valence-electron chi connectivity index (χ4n) is 1.85. The molecule has 1 rings (SSSR count). The van der Waals surface area contributed by atoms with E-state index in [0.29, 0.717) is 6.54 Å². The van der Waals surface area contributed by atoms with E-state index in [-0.39, 0.29) is 17.7 Å². The SMILES string of the molecule is CCC(NCCc1ccc(F)cc1C)C(N)=NO. The molecule has 0 amide bonds. The van der Waals surface area contributed by atoms with Gasteiger partial charge in [0.25, 0.3) is 0 Å². The Kier molecular flexibility index (Phi) is 5.58. The Labute approximate surface area is 107 Å². The second-order valence-electron chi connectivity index (χ2n) is 4.26. The molecule has 0 bridgehead atoms. The van der Waals surface area contributed by atoms with Crippen molar-refractivity contribution in [3.63, 3.8) is 0 Å². The maximum Gasteiger partial charge on any atom is 0.156 e. The van der Waals surface area contributed by atoms with Crippen LogP contribution in [0, 0.1) is 12.7 Å². The smallest absolute Gasteiger partial charge is 0.156 e. The van der Waals surface area contributed by atoms with E-state index in [4.69, 9.17) is 10.9 Å². The van der Waals surface area contributed by atoms with Crippen LogP contribution in [0.1, 0.15) is 24.5 Å². The van der Waals surface area contributed by atoms with Crippen LogP contribution in [0.4, 0.5) is 4.39 Å². The topological polar surface area (TPSA) is 70.6 Å². The van der Waals surface area contributed by atoms with E-state index in [1.165, 1.54) is 12.1 Å². The van der Waals surface area contributed by atoms with Crippen LogP contribution < -0.4 is 11.1 Å². The highest BCUT2D eigenvalue weighted by Gasteiger charge is 2.10. The number of amidine groups is 1. The average Bonchev–Trinajstić information content (AvgIpc) is 2.36. The predicted molar refractivity (Wildman–Crippen MR) is 70.3 cm³/mol. The number of rotatable bonds is 6. The van der Waals surface area contributed by atoms with Crippen molar-refractivity contribution in [3.8, 4) is 0 Å². The molecule has 1 aromatic carbocycles. The molecule has 0 aliphatic carbocycles. The summed E-state index contributed by atoms with van der Waals surface area (Å²) in [6.45, 7) is 4.54. The summed E-state index contributed by atoms with van der Waals surface area (Å²) in [7, 11) is 0. The molecule has 100 valence electrons. The zero-order valence-electron chi connectivity index (χ0n) is 10.8. The number of hydrogen-bond acceptors (Lipinski definition) is 3. The largest absolute Gasteiger partial charge is 0.409 e. The lowest BCUT2D eigenvalue weighted by molar-refractivity contribution is 0.314. The van der Waals surface area contributed by atoms with Crippen molar-refractivity contribution in [2.24, 2.45) is 10.9 Å². The number of halogens is 1. The molecule has 4 nitrogen and oxygen atoms in total. The third-order valence-electron chi connectivity index (χ3n) is 2.97. The van der Waals surface area contributed by atoms with Crippen molar-refractivity contribution in [3.05, 3.63) is 35.1 Å². The van der Waals surface area contributed by atoms with Crippen molar-refractivity contribution < 1.29 is 9.60 Å². The van der Waals surface area contributed by atoms with Crippen LogP contribution in [0.2, 0.25) is 0 Å². The van der Waals surface area contributed by atoms with Gasteiger partial charge in [-0.15, -0.1) is 0 Å². The van der Waals surface area contributed by atoms with Gasteiger partial charge in [-0.05, 0) is 49.6 Å². The molecule has 0 aliphatic heterocycles. The molecule has 4 N–H and O–H groups in total. The number of aryl methyl sites for hydroxylation is 1. The van der Waals surface area contributed by atoms with E-state index in [1.54, 1.807) is 6.07 Å². The van der Waals surface area contributed by atoms with Gasteiger partial charge in [0.2, 0.25) is 0 Å². The molecule has 1 unspecified atom stereocenters. The summed E-state index contributed by atoms with van der Waals surface area (Å²) in [5.41, 5.74) is 7.58. The summed E-state index contributed by atoms with van der Waals surface area (Å²) in [6, 6.07) is 4.65. The lowest BCUT2D eigenvalue weighted by Crippen LogP contribution is -2.41. The monoisotopic (exact) mass is 253 g/mol. The lowest BCUT2D eigenvalue weighted by Gasteiger charge is -2.15. The van der Waals surface area contributed by atoms with Crippen molar-refractivity contribution >= 4 is 5.84 Å². The lowest BCUT2D eigenvalue weighted by atomic mass is 10.1. The molecular formula is C13H20FN3O. The van der Waals surface area contributed by atoms with Crippen molar-refractivity contribution in [1.29, 1.82) is 0 Å². The summed E-state index contributed by atoms with van der Waals surface area (Å²) in [6.07, 6.45) is 1.53. The zero-order valence-corrected chi connectivity index (χ0v) is 10.8. The number of oxime groups is 1. The Morgan fingerprint density at radius 2 is 2.28 bits per heavy atom. The molecule has 0 heterocycles. The maximum absolute atomic E-state index is 12.9. The summed E-state index contributed by atoms with van der Waals surface area (Å²) >= 11 is 0. The number of benzene rings is 1. The standard InChI is InChI=1S/C13H20FN3O/c1-3-12(13(15)17-18)16-7-6-10-4-5-11(14)8-9(10)2/h4-5,8,12,16,18H,3,6-7H2,1-2H3,(H2,15,17). The quantitative estimate of drug-likeness (QED) is 0.313. The Morgan fingerprint density at radius 3 is 2.83 bits per heavy atom. The minimum Gasteiger partial charge on any atom is -0.409 e. The van der Waals surface area contributed by atoms with Gasteiger partial charge in [-0.1, -0.05) is 18.1 Å². The minimum absolute atomic E-state index is 0.129. The molecule has 0 aromatic heterocycles. The van der Waals surface area contributed by atoms with Gasteiger partial charge in [0.05, 0.1) is 6.04 Å². The highest BCUT2D eigenvalue weighted by Crippen LogP contribution is 2.10. The summed E-state index contributed by atoms with van der Waals surface area (Å²) in [5.74, 6) is -0.0272. The Hall–Kier alpha value is -1.62. The van der Waals surface area contributed by atoms with Crippen LogP contribution in [-0.4, -0.2) is 23.6 Å². The first-order chi connectivity index (χ1) is 8.58. The van der Waals surface area contributed by atoms with Crippen LogP contribution in [0.15, 0.2) is 23.4 Å². The van der Waals surface area contributed by atoms with Crippen LogP contribution in [-0.2, 0) is 6.42 Å². The summed E-state index contributed by atoms with van der Waals surface area (Å²) < 4.78 is 12.9. The van der Waals surface area contributed by atoms with Gasteiger partial charge in [-0.3, -0.25) is 0 Å². The number of nitrogens with two attached hydrogens (primary N) is 1. The van der Waals surface area contributed by atoms with Gasteiger partial charge in [-0.25, -0.2) is 4.39 Å². The molecule has 18 heavy (non-hydrogen) atoms. The molecule has 5 heteroatoms. The van der Waals surface area contributed by atoms with Crippen LogP contribution in [0.25, 0.3) is 0 Å². The van der Waals surface area contributed by atoms with Crippen molar-refractivity contribution in [2.75, 3.05) is 6.54 Å². The summed E-state index contributed by atoms with van der Waals surface area (Å²) in [4.78, 5) is 0. The Balaban J connectivity index is 2.50. The van der Waals surface area contributed by atoms with E-state index < -0.39 is 0 Å². The molecule has 0 fully saturated rings. The summed E-state index contributed by atoms with van der Waals surface area (Å²) in [5, 5.41) is 14.8. The molecule has 0 saturated carbocycles. The van der Waals surface area contributed by atoms with Crippen LogP contribution >= 0.6 is 0 Å². The predicted octanol–water partition coefficient (Wildman–Crippen LogP) is 1.79. The second-order valence-corrected chi connectivity index (χ2v) is 4.26. The Morgan fingerprint density at radius 1 is 1.56 bits per heavy atom. The molecule has 0 saturated heterocycles. The van der Waals surface area contributed by atoms with Gasteiger partial charge in [0, 0.05) is 0 Å². The molecule has 0 aliphatic rings. The zero-order chi connectivity index (χ0) is 13.5. The second kappa shape index (κ2) is 6.96. The van der Waals surface area contributed by atoms with E-state index in [1.807, 2.05) is 13.8 Å². The molecule has 0 radical (unpaired) electrons. The highest BCUT2D eigenvalue weighted by molar-refractivity contribution is 5.85. The van der Waals surface area contributed by atoms with Gasteiger partial charge >= 0.3 is 0 Å². The van der Waals surface area contributed by atoms with E-state index in [9.17, 15) is 4.39 Å². The molecule has 1 atom stereocenters. The fourth-order valence-corrected chi connectivity index (χ4v) is 1.85. The van der Waals surface area contributed by atoms with E-state index in [0.717, 1.165) is 24.0 Å². The fraction of sp³-hybridized carbons (Fsp3) is 0.462. The van der Waals surface area contributed by atoms with E-state index >= 15 is 0 Å². The van der Waals surface area contributed by atoms with E-state index in [2.05, 4.69) is 10.5 Å². The van der Waals surface area contributed by atoms with Gasteiger partial charge in [-0.2, -0.15) is 0 Å². The minimum atomic E-state index is -0.215. The van der Waals surface area contributed by atoms with Gasteiger partial charge < -0.3 is 16.3 Å². The Bertz CT molecular complexity index is 421. The van der Waals surface area contributed by atoms with Gasteiger partial charge in [0.15, 0.2) is 5.84 Å². The van der Waals surface area contributed by atoms with Crippen LogP contribution in [0.5, 0.6) is 0 Å². The highest BCUT2D eigenvalue weighted by atomic mass is 19.1. The first-order valence-electron chi connectivity index (χ1n) is 6.04. The third-order valence-corrected chi connectivity index (χ3v) is 2.97. The number of hydrogen-bond donors (Lipinski definition) is 3. The molecular weight excluding hydrogens is 233 g/mol. The van der Waals surface area contributed by atoms with Crippen molar-refractivity contribution in [1.82, 2.24) is 5.32 Å². The normalized spacial score (nSPS) is 13.6. The van der Waals surface area contributed by atoms with Gasteiger partial charge in [0.1, 0.15) is 5.82 Å². The van der Waals surface area contributed by atoms with Crippen LogP contribution in [0.3, 0.4) is 0 Å². The number of nitrogens with one attached hydrogen (secondary N) is 1. The molecule has 0 spiro atoms. The third kappa shape index (κ3) is 4.00. The number of nitrogens with zero attached hydrogens (tertiary/aromatic N) is 1. The maximum atomic E-state index is 12.9. The van der Waals surface area contributed by atoms with Crippen molar-refractivity contribution in [2.45, 2.75) is 32.7 Å². The molecule has 1 aromatic rings.